The summed E-state index contributed by atoms with van der Waals surface area (Å²) in [7, 11) is 0. The number of fused-ring (bicyclic) bond motifs is 1. The van der Waals surface area contributed by atoms with Crippen molar-refractivity contribution in [2.75, 3.05) is 6.54 Å². The van der Waals surface area contributed by atoms with E-state index >= 15 is 0 Å². The topological polar surface area (TPSA) is 141 Å². The number of benzene rings is 2. The Morgan fingerprint density at radius 2 is 1.87 bits per heavy atom. The highest BCUT2D eigenvalue weighted by Gasteiger charge is 2.40. The summed E-state index contributed by atoms with van der Waals surface area (Å²) in [4.78, 5) is 41.1. The number of amides is 2. The fraction of sp³-hybridized carbons (Fsp3) is 0.379. The summed E-state index contributed by atoms with van der Waals surface area (Å²) in [5.74, 6) is -0.772. The van der Waals surface area contributed by atoms with Crippen molar-refractivity contribution in [1.29, 1.82) is 0 Å². The zero-order valence-electron chi connectivity index (χ0n) is 22.1. The average Bonchev–Trinajstić information content (AvgIpc) is 3.31. The number of alkyl carbamates (subject to hydrolysis) is 1. The highest BCUT2D eigenvalue weighted by atomic mass is 16.5. The molecular weight excluding hydrogens is 498 g/mol. The number of amidine groups is 1. The van der Waals surface area contributed by atoms with Gasteiger partial charge in [-0.15, -0.1) is 0 Å². The Balaban J connectivity index is 1.22. The molecule has 1 heterocycles. The van der Waals surface area contributed by atoms with Gasteiger partial charge in [0.05, 0.1) is 17.6 Å². The molecular formula is C29H35N5O5. The van der Waals surface area contributed by atoms with E-state index in [1.807, 2.05) is 30.3 Å². The number of nitrogens with one attached hydrogen (secondary N) is 4. The van der Waals surface area contributed by atoms with Gasteiger partial charge >= 0.3 is 12.1 Å². The number of hydrogen-bond donors (Lipinski definition) is 5. The van der Waals surface area contributed by atoms with Crippen molar-refractivity contribution in [3.05, 3.63) is 83.4 Å². The Morgan fingerprint density at radius 1 is 1.13 bits per heavy atom. The van der Waals surface area contributed by atoms with Crippen molar-refractivity contribution in [2.24, 2.45) is 4.99 Å². The zero-order chi connectivity index (χ0) is 27.8. The number of nitrogens with zero attached hydrogens (tertiary/aromatic N) is 1. The molecule has 39 heavy (non-hydrogen) atoms. The monoisotopic (exact) mass is 533 g/mol. The molecule has 2 aromatic rings. The standard InChI is InChI=1S/C29H35N5O5/c1-19(25-33-24-10-6-7-15-29(24,2)34-25)30-16-20-11-13-22(14-12-20)26(35)31-17-23(27(36)37)32-28(38)39-18-21-8-4-3-5-9-21/h3-5,7-9,11-15,19,23-24,30H,6,10,16-18H2,1-2H3,(H,31,35)(H,32,38)(H,33,34)(H,36,37)/t19?,23-,24?,29?/m0/s1. The van der Waals surface area contributed by atoms with E-state index in [4.69, 9.17) is 9.73 Å². The number of aliphatic carboxylic acids is 1. The SMILES string of the molecule is CC(NCc1ccc(C(=O)NC[C@H](NC(=O)OCc2ccccc2)C(=O)O)cc1)C1=NC2CCC=CC2(C)N1. The molecule has 1 aliphatic carbocycles. The lowest BCUT2D eigenvalue weighted by Gasteiger charge is -2.31. The zero-order valence-corrected chi connectivity index (χ0v) is 22.1. The van der Waals surface area contributed by atoms with E-state index in [2.05, 4.69) is 47.3 Å². The molecule has 2 aromatic carbocycles. The average molecular weight is 534 g/mol. The number of aliphatic imine (C=N–C) groups is 1. The van der Waals surface area contributed by atoms with Gasteiger partial charge in [0.1, 0.15) is 18.5 Å². The fourth-order valence-electron chi connectivity index (χ4n) is 4.56. The molecule has 4 atom stereocenters. The van der Waals surface area contributed by atoms with Gasteiger partial charge in [-0.2, -0.15) is 0 Å². The van der Waals surface area contributed by atoms with Crippen molar-refractivity contribution < 1.29 is 24.2 Å². The third kappa shape index (κ3) is 7.44. The van der Waals surface area contributed by atoms with E-state index in [1.165, 1.54) is 0 Å². The number of allylic oxidation sites excluding steroid dienone is 1. The van der Waals surface area contributed by atoms with Crippen molar-refractivity contribution in [1.82, 2.24) is 21.3 Å². The number of rotatable bonds is 11. The molecule has 0 radical (unpaired) electrons. The Bertz CT molecular complexity index is 1230. The molecule has 2 aliphatic rings. The van der Waals surface area contributed by atoms with Crippen molar-refractivity contribution in [2.45, 2.75) is 63.5 Å². The number of hydrogen-bond acceptors (Lipinski definition) is 7. The fourth-order valence-corrected chi connectivity index (χ4v) is 4.56. The largest absolute Gasteiger partial charge is 0.480 e. The van der Waals surface area contributed by atoms with E-state index in [-0.39, 0.29) is 30.8 Å². The predicted molar refractivity (Wildman–Crippen MR) is 147 cm³/mol. The summed E-state index contributed by atoms with van der Waals surface area (Å²) in [6.45, 7) is 4.55. The van der Waals surface area contributed by atoms with Crippen LogP contribution in [0.4, 0.5) is 4.79 Å². The second kappa shape index (κ2) is 12.6. The molecule has 10 nitrogen and oxygen atoms in total. The van der Waals surface area contributed by atoms with Crippen LogP contribution in [-0.2, 0) is 22.7 Å². The van der Waals surface area contributed by atoms with Gasteiger partial charge < -0.3 is 31.1 Å². The first-order valence-corrected chi connectivity index (χ1v) is 13.1. The van der Waals surface area contributed by atoms with Crippen molar-refractivity contribution >= 4 is 23.8 Å². The molecule has 5 N–H and O–H groups in total. The number of ether oxygens (including phenoxy) is 1. The maximum atomic E-state index is 12.6. The molecule has 0 saturated carbocycles. The molecule has 206 valence electrons. The Kier molecular flexibility index (Phi) is 8.98. The van der Waals surface area contributed by atoms with Gasteiger partial charge in [0, 0.05) is 18.7 Å². The molecule has 10 heteroatoms. The molecule has 0 fully saturated rings. The lowest BCUT2D eigenvalue weighted by atomic mass is 9.86. The summed E-state index contributed by atoms with van der Waals surface area (Å²) in [6.07, 6.45) is 5.63. The number of carboxylic acids is 1. The quantitative estimate of drug-likeness (QED) is 0.280. The molecule has 2 amide bonds. The van der Waals surface area contributed by atoms with Crippen LogP contribution in [0.25, 0.3) is 0 Å². The van der Waals surface area contributed by atoms with Crippen LogP contribution in [-0.4, -0.2) is 59.1 Å². The maximum Gasteiger partial charge on any atom is 0.408 e. The summed E-state index contributed by atoms with van der Waals surface area (Å²) in [5.41, 5.74) is 2.03. The van der Waals surface area contributed by atoms with Gasteiger partial charge in [-0.3, -0.25) is 9.79 Å². The van der Waals surface area contributed by atoms with Crippen molar-refractivity contribution in [3.63, 3.8) is 0 Å². The first-order chi connectivity index (χ1) is 18.7. The van der Waals surface area contributed by atoms with Crippen LogP contribution in [0.3, 0.4) is 0 Å². The van der Waals surface area contributed by atoms with E-state index in [0.717, 1.165) is 29.8 Å². The van der Waals surface area contributed by atoms with Gasteiger partial charge in [0.25, 0.3) is 5.91 Å². The molecule has 0 spiro atoms. The molecule has 3 unspecified atom stereocenters. The van der Waals surface area contributed by atoms with Gasteiger partial charge in [-0.25, -0.2) is 9.59 Å². The minimum atomic E-state index is -1.34. The summed E-state index contributed by atoms with van der Waals surface area (Å²) >= 11 is 0. The second-order valence-electron chi connectivity index (χ2n) is 10.0. The first-order valence-electron chi connectivity index (χ1n) is 13.1. The molecule has 0 saturated heterocycles. The predicted octanol–water partition coefficient (Wildman–Crippen LogP) is 2.75. The van der Waals surface area contributed by atoms with Crippen LogP contribution < -0.4 is 21.3 Å². The lowest BCUT2D eigenvalue weighted by Crippen LogP contribution is -2.50. The van der Waals surface area contributed by atoms with Gasteiger partial charge in [0.15, 0.2) is 0 Å². The van der Waals surface area contributed by atoms with Crippen LogP contribution >= 0.6 is 0 Å². The van der Waals surface area contributed by atoms with Gasteiger partial charge in [0.2, 0.25) is 0 Å². The van der Waals surface area contributed by atoms with Crippen molar-refractivity contribution in [3.8, 4) is 0 Å². The minimum Gasteiger partial charge on any atom is -0.480 e. The normalized spacial score (nSPS) is 21.1. The summed E-state index contributed by atoms with van der Waals surface area (Å²) in [6, 6.07) is 15.0. The Morgan fingerprint density at radius 3 is 2.56 bits per heavy atom. The highest BCUT2D eigenvalue weighted by Crippen LogP contribution is 2.29. The van der Waals surface area contributed by atoms with E-state index in [0.29, 0.717) is 12.1 Å². The maximum absolute atomic E-state index is 12.6. The molecule has 1 aliphatic heterocycles. The van der Waals surface area contributed by atoms with Crippen LogP contribution in [0.15, 0.2) is 71.7 Å². The third-order valence-electron chi connectivity index (χ3n) is 6.96. The third-order valence-corrected chi connectivity index (χ3v) is 6.96. The van der Waals surface area contributed by atoms with Gasteiger partial charge in [-0.05, 0) is 49.9 Å². The Hall–Kier alpha value is -4.18. The Labute approximate surface area is 227 Å². The van der Waals surface area contributed by atoms with E-state index in [1.54, 1.807) is 24.3 Å². The van der Waals surface area contributed by atoms with E-state index < -0.39 is 24.0 Å². The highest BCUT2D eigenvalue weighted by molar-refractivity contribution is 5.94. The minimum absolute atomic E-state index is 0.00717. The first kappa shape index (κ1) is 27.8. The van der Waals surface area contributed by atoms with Crippen LogP contribution in [0.1, 0.15) is 48.2 Å². The lowest BCUT2D eigenvalue weighted by molar-refractivity contribution is -0.139. The molecule has 0 bridgehead atoms. The van der Waals surface area contributed by atoms with Gasteiger partial charge in [-0.1, -0.05) is 54.6 Å². The number of carbonyl (C=O) groups is 3. The molecule has 0 aromatic heterocycles. The smallest absolute Gasteiger partial charge is 0.408 e. The van der Waals surface area contributed by atoms with Crippen LogP contribution in [0.2, 0.25) is 0 Å². The van der Waals surface area contributed by atoms with Crippen LogP contribution in [0.5, 0.6) is 0 Å². The number of carboxylic acid groups (broad SMARTS) is 1. The number of carbonyl (C=O) groups excluding carboxylic acids is 2. The van der Waals surface area contributed by atoms with E-state index in [9.17, 15) is 19.5 Å². The summed E-state index contributed by atoms with van der Waals surface area (Å²) in [5, 5.41) is 21.3. The molecule has 4 rings (SSSR count). The second-order valence-corrected chi connectivity index (χ2v) is 10.0. The van der Waals surface area contributed by atoms with Crippen LogP contribution in [0, 0.1) is 0 Å². The summed E-state index contributed by atoms with van der Waals surface area (Å²) < 4.78 is 5.07.